The Morgan fingerprint density at radius 1 is 1.31 bits per heavy atom. The number of nitrogens with zero attached hydrogens (tertiary/aromatic N) is 4. The number of aliphatic carboxylic acids is 1. The Hall–Kier alpha value is -2.62. The van der Waals surface area contributed by atoms with E-state index in [0.29, 0.717) is 25.6 Å². The van der Waals surface area contributed by atoms with Gasteiger partial charge >= 0.3 is 12.1 Å². The first-order valence-corrected chi connectivity index (χ1v) is 7.89. The van der Waals surface area contributed by atoms with E-state index >= 15 is 0 Å². The van der Waals surface area contributed by atoms with Crippen LogP contribution in [0.2, 0.25) is 5.02 Å². The lowest BCUT2D eigenvalue weighted by atomic mass is 10.2. The summed E-state index contributed by atoms with van der Waals surface area (Å²) in [6.07, 6.45) is -1.71. The maximum atomic E-state index is 12.6. The van der Waals surface area contributed by atoms with Gasteiger partial charge in [-0.05, 0) is 25.0 Å². The van der Waals surface area contributed by atoms with Crippen LogP contribution in [0.5, 0.6) is 0 Å². The first-order chi connectivity index (χ1) is 12.2. The molecule has 1 N–H and O–H groups in total. The molecule has 26 heavy (non-hydrogen) atoms. The van der Waals surface area contributed by atoms with Crippen molar-refractivity contribution in [3.63, 3.8) is 0 Å². The van der Waals surface area contributed by atoms with Gasteiger partial charge in [0.2, 0.25) is 0 Å². The maximum Gasteiger partial charge on any atom is 0.417 e. The molecule has 1 unspecified atom stereocenters. The van der Waals surface area contributed by atoms with Gasteiger partial charge in [-0.25, -0.2) is 9.78 Å². The van der Waals surface area contributed by atoms with Crippen molar-refractivity contribution < 1.29 is 23.1 Å². The first kappa shape index (κ1) is 18.2. The van der Waals surface area contributed by atoms with E-state index in [1.807, 2.05) is 0 Å². The third-order valence-corrected chi connectivity index (χ3v) is 4.40. The highest BCUT2D eigenvalue weighted by molar-refractivity contribution is 6.33. The predicted molar refractivity (Wildman–Crippen MR) is 85.6 cm³/mol. The molecule has 1 atom stereocenters. The fraction of sp³-hybridized carbons (Fsp3) is 0.333. The molecule has 0 aliphatic carbocycles. The highest BCUT2D eigenvalue weighted by Crippen LogP contribution is 2.30. The number of alkyl halides is 3. The molecule has 1 aliphatic heterocycles. The minimum Gasteiger partial charge on any atom is -0.480 e. The number of carboxylic acids is 1. The molecule has 0 aromatic carbocycles. The minimum atomic E-state index is -4.55. The van der Waals surface area contributed by atoms with Crippen molar-refractivity contribution in [2.75, 3.05) is 11.4 Å². The topological polar surface area (TPSA) is 88.3 Å². The molecule has 2 aromatic rings. The van der Waals surface area contributed by atoms with Crippen LogP contribution in [-0.2, 0) is 11.0 Å². The van der Waals surface area contributed by atoms with Gasteiger partial charge in [0.15, 0.2) is 5.82 Å². The van der Waals surface area contributed by atoms with Crippen LogP contribution < -0.4 is 10.5 Å². The zero-order valence-corrected chi connectivity index (χ0v) is 13.8. The monoisotopic (exact) mass is 388 g/mol. The van der Waals surface area contributed by atoms with Crippen molar-refractivity contribution in [1.82, 2.24) is 14.8 Å². The highest BCUT2D eigenvalue weighted by Gasteiger charge is 2.33. The second-order valence-corrected chi connectivity index (χ2v) is 6.03. The van der Waals surface area contributed by atoms with Crippen LogP contribution in [0.4, 0.5) is 18.9 Å². The number of aromatic nitrogens is 3. The van der Waals surface area contributed by atoms with Gasteiger partial charge in [-0.15, -0.1) is 0 Å². The highest BCUT2D eigenvalue weighted by atomic mass is 35.5. The van der Waals surface area contributed by atoms with E-state index in [2.05, 4.69) is 10.1 Å². The van der Waals surface area contributed by atoms with Crippen LogP contribution >= 0.6 is 11.6 Å². The van der Waals surface area contributed by atoms with E-state index in [9.17, 15) is 27.9 Å². The molecule has 1 fully saturated rings. The SMILES string of the molecule is O=C(O)C1CCCN1c1cnn(-c2ccc(C(F)(F)F)cn2)c(=O)c1Cl. The van der Waals surface area contributed by atoms with Crippen molar-refractivity contribution in [3.05, 3.63) is 45.5 Å². The summed E-state index contributed by atoms with van der Waals surface area (Å²) in [5, 5.41) is 12.9. The number of hydrogen-bond acceptors (Lipinski definition) is 5. The van der Waals surface area contributed by atoms with Crippen molar-refractivity contribution >= 4 is 23.3 Å². The smallest absolute Gasteiger partial charge is 0.417 e. The average molecular weight is 389 g/mol. The lowest BCUT2D eigenvalue weighted by molar-refractivity contribution is -0.139. The Morgan fingerprint density at radius 3 is 2.62 bits per heavy atom. The molecular formula is C15H12ClF3N4O3. The van der Waals surface area contributed by atoms with E-state index in [0.717, 1.165) is 16.8 Å². The van der Waals surface area contributed by atoms with Gasteiger partial charge in [0.1, 0.15) is 11.1 Å². The van der Waals surface area contributed by atoms with Gasteiger partial charge in [0.25, 0.3) is 5.56 Å². The lowest BCUT2D eigenvalue weighted by Crippen LogP contribution is -2.37. The molecule has 0 spiro atoms. The summed E-state index contributed by atoms with van der Waals surface area (Å²) in [5.41, 5.74) is -1.59. The van der Waals surface area contributed by atoms with Crippen LogP contribution in [0.25, 0.3) is 5.82 Å². The number of rotatable bonds is 3. The fourth-order valence-corrected chi connectivity index (χ4v) is 3.02. The number of hydrogen-bond donors (Lipinski definition) is 1. The number of carboxylic acid groups (broad SMARTS) is 1. The van der Waals surface area contributed by atoms with Crippen molar-refractivity contribution in [2.24, 2.45) is 0 Å². The largest absolute Gasteiger partial charge is 0.480 e. The van der Waals surface area contributed by atoms with Crippen LogP contribution in [0.15, 0.2) is 29.3 Å². The van der Waals surface area contributed by atoms with E-state index in [1.54, 1.807) is 0 Å². The quantitative estimate of drug-likeness (QED) is 0.868. The molecule has 3 heterocycles. The van der Waals surface area contributed by atoms with Crippen molar-refractivity contribution in [3.8, 4) is 5.82 Å². The van der Waals surface area contributed by atoms with Gasteiger partial charge in [0, 0.05) is 12.7 Å². The number of anilines is 1. The molecule has 3 rings (SSSR count). The molecule has 138 valence electrons. The second-order valence-electron chi connectivity index (χ2n) is 5.65. The number of halogens is 4. The summed E-state index contributed by atoms with van der Waals surface area (Å²) < 4.78 is 38.5. The molecular weight excluding hydrogens is 377 g/mol. The molecule has 11 heteroatoms. The minimum absolute atomic E-state index is 0.132. The normalized spacial score (nSPS) is 17.5. The maximum absolute atomic E-state index is 12.6. The zero-order valence-electron chi connectivity index (χ0n) is 13.1. The molecule has 0 radical (unpaired) electrons. The molecule has 1 saturated heterocycles. The van der Waals surface area contributed by atoms with Gasteiger partial charge in [-0.3, -0.25) is 4.79 Å². The third kappa shape index (κ3) is 3.24. The Balaban J connectivity index is 1.98. The van der Waals surface area contributed by atoms with Crippen LogP contribution in [0.3, 0.4) is 0 Å². The summed E-state index contributed by atoms with van der Waals surface area (Å²) in [7, 11) is 0. The predicted octanol–water partition coefficient (Wildman–Crippen LogP) is 2.35. The molecule has 2 aromatic heterocycles. The van der Waals surface area contributed by atoms with E-state index in [-0.39, 0.29) is 16.5 Å². The molecule has 0 amide bonds. The van der Waals surface area contributed by atoms with Gasteiger partial charge < -0.3 is 10.0 Å². The molecule has 0 bridgehead atoms. The zero-order chi connectivity index (χ0) is 19.1. The van der Waals surface area contributed by atoms with Gasteiger partial charge in [-0.1, -0.05) is 11.6 Å². The van der Waals surface area contributed by atoms with Crippen molar-refractivity contribution in [2.45, 2.75) is 25.1 Å². The fourth-order valence-electron chi connectivity index (χ4n) is 2.78. The van der Waals surface area contributed by atoms with E-state index < -0.39 is 29.3 Å². The Labute approximate surface area is 149 Å². The summed E-state index contributed by atoms with van der Waals surface area (Å²) in [5.74, 6) is -1.17. The van der Waals surface area contributed by atoms with Gasteiger partial charge in [-0.2, -0.15) is 23.0 Å². The molecule has 0 saturated carbocycles. The Morgan fingerprint density at radius 2 is 2.04 bits per heavy atom. The third-order valence-electron chi connectivity index (χ3n) is 4.04. The lowest BCUT2D eigenvalue weighted by Gasteiger charge is -2.24. The van der Waals surface area contributed by atoms with Gasteiger partial charge in [0.05, 0.1) is 17.4 Å². The molecule has 1 aliphatic rings. The summed E-state index contributed by atoms with van der Waals surface area (Å²) >= 11 is 6.09. The van der Waals surface area contributed by atoms with Crippen molar-refractivity contribution in [1.29, 1.82) is 0 Å². The Kier molecular flexibility index (Phi) is 4.61. The average Bonchev–Trinajstić information content (AvgIpc) is 3.06. The summed E-state index contributed by atoms with van der Waals surface area (Å²) in [6, 6.07) is 0.969. The molecule has 7 nitrogen and oxygen atoms in total. The van der Waals surface area contributed by atoms with Crippen LogP contribution in [-0.4, -0.2) is 38.4 Å². The van der Waals surface area contributed by atoms with E-state index in [1.165, 1.54) is 11.1 Å². The number of pyridine rings is 1. The Bertz CT molecular complexity index is 898. The first-order valence-electron chi connectivity index (χ1n) is 7.51. The number of carbonyl (C=O) groups is 1. The standard InChI is InChI=1S/C15H12ClF3N4O3/c16-12-10(22-5-1-2-9(22)14(25)26)7-21-23(13(12)24)11-4-3-8(6-20-11)15(17,18)19/h3-4,6-7,9H,1-2,5H2,(H,25,26). The second kappa shape index (κ2) is 6.60. The van der Waals surface area contributed by atoms with Crippen LogP contribution in [0.1, 0.15) is 18.4 Å². The summed E-state index contributed by atoms with van der Waals surface area (Å²) in [6.45, 7) is 0.403. The summed E-state index contributed by atoms with van der Waals surface area (Å²) in [4.78, 5) is 28.8. The van der Waals surface area contributed by atoms with E-state index in [4.69, 9.17) is 11.6 Å². The van der Waals surface area contributed by atoms with Crippen LogP contribution in [0, 0.1) is 0 Å².